The van der Waals surface area contributed by atoms with Crippen LogP contribution >= 0.6 is 0 Å². The first-order chi connectivity index (χ1) is 13.8. The van der Waals surface area contributed by atoms with Gasteiger partial charge in [0.1, 0.15) is 5.52 Å². The second-order valence-corrected chi connectivity index (χ2v) is 10.1. The molecule has 1 saturated carbocycles. The smallest absolute Gasteiger partial charge is 0.274 e. The summed E-state index contributed by atoms with van der Waals surface area (Å²) in [5.41, 5.74) is 2.91. The average Bonchev–Trinajstić information content (AvgIpc) is 3.34. The minimum atomic E-state index is -3.34. The van der Waals surface area contributed by atoms with Gasteiger partial charge in [0.05, 0.1) is 4.90 Å². The van der Waals surface area contributed by atoms with Crippen LogP contribution in [0.5, 0.6) is 0 Å². The molecule has 2 heterocycles. The fraction of sp³-hybridized carbons (Fsp3) is 0.409. The molecule has 4 rings (SSSR count). The molecule has 2 N–H and O–H groups in total. The second kappa shape index (κ2) is 7.71. The summed E-state index contributed by atoms with van der Waals surface area (Å²) in [6.07, 6.45) is 11.1. The van der Waals surface area contributed by atoms with Crippen molar-refractivity contribution in [2.24, 2.45) is 13.0 Å². The van der Waals surface area contributed by atoms with Crippen molar-refractivity contribution in [3.63, 3.8) is 0 Å². The predicted octanol–water partition coefficient (Wildman–Crippen LogP) is 3.93. The molecule has 6 nitrogen and oxygen atoms in total. The minimum absolute atomic E-state index is 0.108. The van der Waals surface area contributed by atoms with Crippen LogP contribution in [0.4, 0.5) is 5.69 Å². The summed E-state index contributed by atoms with van der Waals surface area (Å²) in [7, 11) is -1.63. The monoisotopic (exact) mass is 413 g/mol. The highest BCUT2D eigenvalue weighted by molar-refractivity contribution is 7.90. The number of sulfone groups is 1. The van der Waals surface area contributed by atoms with E-state index in [2.05, 4.69) is 10.3 Å². The fourth-order valence-electron chi connectivity index (χ4n) is 4.28. The molecule has 1 fully saturated rings. The van der Waals surface area contributed by atoms with E-state index >= 15 is 0 Å². The van der Waals surface area contributed by atoms with E-state index in [1.54, 1.807) is 31.6 Å². The third-order valence-electron chi connectivity index (χ3n) is 5.97. The Morgan fingerprint density at radius 2 is 1.93 bits per heavy atom. The van der Waals surface area contributed by atoms with Crippen molar-refractivity contribution in [2.75, 3.05) is 18.1 Å². The molecule has 29 heavy (non-hydrogen) atoms. The van der Waals surface area contributed by atoms with Crippen LogP contribution in [-0.2, 0) is 16.9 Å². The number of H-pyrrole nitrogens is 1. The lowest BCUT2D eigenvalue weighted by Gasteiger charge is -2.15. The highest BCUT2D eigenvalue weighted by atomic mass is 32.2. The highest BCUT2D eigenvalue weighted by Gasteiger charge is 2.18. The van der Waals surface area contributed by atoms with Crippen LogP contribution in [0.15, 0.2) is 46.3 Å². The highest BCUT2D eigenvalue weighted by Crippen LogP contribution is 2.35. The molecule has 0 spiro atoms. The number of hydrogen-bond donors (Lipinski definition) is 2. The topological polar surface area (TPSA) is 84.0 Å². The number of aryl methyl sites for hydroxylation is 1. The normalized spacial score (nSPS) is 15.2. The minimum Gasteiger partial charge on any atom is -0.385 e. The third-order valence-corrected chi connectivity index (χ3v) is 7.08. The number of nitrogens with one attached hydrogen (secondary N) is 2. The molecule has 3 aromatic rings. The van der Waals surface area contributed by atoms with Gasteiger partial charge in [-0.25, -0.2) is 8.42 Å². The van der Waals surface area contributed by atoms with Crippen molar-refractivity contribution in [3.05, 3.63) is 47.0 Å². The molecule has 154 valence electrons. The molecule has 1 aliphatic rings. The van der Waals surface area contributed by atoms with Gasteiger partial charge < -0.3 is 14.9 Å². The molecule has 0 saturated heterocycles. The first-order valence-electron chi connectivity index (χ1n) is 10.1. The zero-order valence-electron chi connectivity index (χ0n) is 16.9. The molecular formula is C22H27N3O3S. The maximum absolute atomic E-state index is 12.4. The van der Waals surface area contributed by atoms with Gasteiger partial charge in [-0.3, -0.25) is 4.79 Å². The van der Waals surface area contributed by atoms with Gasteiger partial charge in [-0.1, -0.05) is 25.7 Å². The summed E-state index contributed by atoms with van der Waals surface area (Å²) >= 11 is 0. The lowest BCUT2D eigenvalue weighted by atomic mass is 10.0. The number of pyridine rings is 1. The molecular weight excluding hydrogens is 386 g/mol. The first-order valence-corrected chi connectivity index (χ1v) is 12.0. The summed E-state index contributed by atoms with van der Waals surface area (Å²) in [4.78, 5) is 15.8. The zero-order valence-corrected chi connectivity index (χ0v) is 17.7. The molecule has 1 aromatic carbocycles. The van der Waals surface area contributed by atoms with Crippen LogP contribution in [0.3, 0.4) is 0 Å². The third kappa shape index (κ3) is 3.96. The van der Waals surface area contributed by atoms with E-state index in [4.69, 9.17) is 0 Å². The lowest BCUT2D eigenvalue weighted by molar-refractivity contribution is 0.519. The summed E-state index contributed by atoms with van der Waals surface area (Å²) in [5.74, 6) is 0.775. The van der Waals surface area contributed by atoms with Crippen molar-refractivity contribution in [3.8, 4) is 11.1 Å². The number of aromatic amines is 1. The van der Waals surface area contributed by atoms with Crippen molar-refractivity contribution in [1.29, 1.82) is 0 Å². The zero-order chi connectivity index (χ0) is 20.6. The van der Waals surface area contributed by atoms with Crippen LogP contribution < -0.4 is 10.9 Å². The molecule has 0 amide bonds. The molecule has 0 bridgehead atoms. The van der Waals surface area contributed by atoms with Crippen molar-refractivity contribution < 1.29 is 8.42 Å². The quantitative estimate of drug-likeness (QED) is 0.641. The van der Waals surface area contributed by atoms with Crippen LogP contribution in [0.25, 0.3) is 22.0 Å². The predicted molar refractivity (Wildman–Crippen MR) is 117 cm³/mol. The number of nitrogens with zero attached hydrogens (tertiary/aromatic N) is 1. The molecule has 2 aromatic heterocycles. The Morgan fingerprint density at radius 3 is 2.66 bits per heavy atom. The molecule has 0 radical (unpaired) electrons. The SMILES string of the molecule is Cn1ccc2c(-c3cc(S(C)(=O)=O)ccc3NCCC3CCCC3)c[nH]c2c1=O. The van der Waals surface area contributed by atoms with Crippen LogP contribution in [0.2, 0.25) is 0 Å². The summed E-state index contributed by atoms with van der Waals surface area (Å²) in [6, 6.07) is 7.07. The Hall–Kier alpha value is -2.54. The first kappa shape index (κ1) is 19.8. The van der Waals surface area contributed by atoms with E-state index < -0.39 is 9.84 Å². The Balaban J connectivity index is 1.75. The largest absolute Gasteiger partial charge is 0.385 e. The van der Waals surface area contributed by atoms with E-state index in [0.717, 1.165) is 41.1 Å². The van der Waals surface area contributed by atoms with Gasteiger partial charge in [-0.15, -0.1) is 0 Å². The summed E-state index contributed by atoms with van der Waals surface area (Å²) < 4.78 is 25.8. The Bertz CT molecular complexity index is 1200. The second-order valence-electron chi connectivity index (χ2n) is 8.07. The molecule has 1 aliphatic carbocycles. The van der Waals surface area contributed by atoms with E-state index in [1.165, 1.54) is 36.5 Å². The molecule has 0 unspecified atom stereocenters. The van der Waals surface area contributed by atoms with Crippen molar-refractivity contribution >= 4 is 26.4 Å². The van der Waals surface area contributed by atoms with Gasteiger partial charge in [0, 0.05) is 54.4 Å². The van der Waals surface area contributed by atoms with Crippen molar-refractivity contribution in [1.82, 2.24) is 9.55 Å². The maximum atomic E-state index is 12.4. The van der Waals surface area contributed by atoms with Gasteiger partial charge in [0.25, 0.3) is 5.56 Å². The van der Waals surface area contributed by atoms with Crippen LogP contribution in [0, 0.1) is 5.92 Å². The van der Waals surface area contributed by atoms with Gasteiger partial charge in [-0.05, 0) is 36.6 Å². The lowest BCUT2D eigenvalue weighted by Crippen LogP contribution is -2.15. The van der Waals surface area contributed by atoms with E-state index in [-0.39, 0.29) is 10.5 Å². The molecule has 0 atom stereocenters. The number of benzene rings is 1. The number of hydrogen-bond acceptors (Lipinski definition) is 4. The Kier molecular flexibility index (Phi) is 5.25. The number of aromatic nitrogens is 2. The number of rotatable bonds is 6. The maximum Gasteiger partial charge on any atom is 0.274 e. The Morgan fingerprint density at radius 1 is 1.17 bits per heavy atom. The van der Waals surface area contributed by atoms with Crippen molar-refractivity contribution in [2.45, 2.75) is 37.0 Å². The number of anilines is 1. The molecule has 7 heteroatoms. The van der Waals surface area contributed by atoms with Gasteiger partial charge in [0.2, 0.25) is 0 Å². The molecule has 0 aliphatic heterocycles. The van der Waals surface area contributed by atoms with E-state index in [9.17, 15) is 13.2 Å². The Labute approximate surface area is 170 Å². The summed E-state index contributed by atoms with van der Waals surface area (Å²) in [5, 5.41) is 4.30. The van der Waals surface area contributed by atoms with E-state index in [1.807, 2.05) is 12.1 Å². The summed E-state index contributed by atoms with van der Waals surface area (Å²) in [6.45, 7) is 0.847. The number of fused-ring (bicyclic) bond motifs is 1. The fourth-order valence-corrected chi connectivity index (χ4v) is 4.93. The standard InChI is InChI=1S/C22H27N3O3S/c1-25-12-10-17-19(14-24-21(17)22(25)26)18-13-16(29(2,27)28)7-8-20(18)23-11-9-15-5-3-4-6-15/h7-8,10,12-15,23-24H,3-6,9,11H2,1-2H3. The van der Waals surface area contributed by atoms with Gasteiger partial charge in [-0.2, -0.15) is 0 Å². The van der Waals surface area contributed by atoms with Gasteiger partial charge in [0.15, 0.2) is 9.84 Å². The van der Waals surface area contributed by atoms with E-state index in [0.29, 0.717) is 5.52 Å². The van der Waals surface area contributed by atoms with Crippen LogP contribution in [0.1, 0.15) is 32.1 Å². The van der Waals surface area contributed by atoms with Gasteiger partial charge >= 0.3 is 0 Å². The van der Waals surface area contributed by atoms with Crippen LogP contribution in [-0.4, -0.2) is 30.8 Å². The average molecular weight is 414 g/mol.